The van der Waals surface area contributed by atoms with Crippen LogP contribution in [-0.4, -0.2) is 54.0 Å². The first kappa shape index (κ1) is 26.9. The zero-order chi connectivity index (χ0) is 21.3. The molecule has 30 heavy (non-hydrogen) atoms. The lowest BCUT2D eigenvalue weighted by Gasteiger charge is -2.29. The predicted octanol–water partition coefficient (Wildman–Crippen LogP) is 3.26. The van der Waals surface area contributed by atoms with E-state index in [4.69, 9.17) is 4.74 Å². The van der Waals surface area contributed by atoms with Crippen molar-refractivity contribution < 1.29 is 17.5 Å². The van der Waals surface area contributed by atoms with Crippen LogP contribution in [0, 0.1) is 18.2 Å². The van der Waals surface area contributed by atoms with Crippen molar-refractivity contribution in [3.05, 3.63) is 29.6 Å². The maximum absolute atomic E-state index is 13.6. The van der Waals surface area contributed by atoms with Gasteiger partial charge < -0.3 is 15.4 Å². The average molecular weight is 556 g/mol. The van der Waals surface area contributed by atoms with E-state index in [-0.39, 0.29) is 47.4 Å². The highest BCUT2D eigenvalue weighted by Crippen LogP contribution is 2.40. The molecular weight excluding hydrogens is 522 g/mol. The summed E-state index contributed by atoms with van der Waals surface area (Å²) < 4.78 is 45.8. The number of benzene rings is 1. The van der Waals surface area contributed by atoms with Crippen molar-refractivity contribution in [2.75, 3.05) is 44.3 Å². The number of aliphatic imine (C=N–C) groups is 1. The molecule has 0 bridgehead atoms. The molecule has 0 heterocycles. The number of methoxy groups -OCH3 is 1. The van der Waals surface area contributed by atoms with E-state index in [0.29, 0.717) is 11.5 Å². The van der Waals surface area contributed by atoms with Crippen molar-refractivity contribution in [1.29, 1.82) is 0 Å². The number of aryl methyl sites for hydroxylation is 1. The second-order valence-electron chi connectivity index (χ2n) is 7.69. The molecule has 1 aliphatic carbocycles. The predicted molar refractivity (Wildman–Crippen MR) is 131 cm³/mol. The third kappa shape index (κ3) is 8.54. The van der Waals surface area contributed by atoms with Gasteiger partial charge in [-0.2, -0.15) is 0 Å². The maximum atomic E-state index is 13.6. The van der Waals surface area contributed by atoms with Gasteiger partial charge in [0.25, 0.3) is 0 Å². The summed E-state index contributed by atoms with van der Waals surface area (Å²) in [6.07, 6.45) is 5.76. The molecule has 0 spiro atoms. The van der Waals surface area contributed by atoms with E-state index in [1.165, 1.54) is 18.9 Å². The lowest BCUT2D eigenvalue weighted by atomic mass is 9.83. The van der Waals surface area contributed by atoms with E-state index >= 15 is 0 Å². The van der Waals surface area contributed by atoms with Gasteiger partial charge in [-0.1, -0.05) is 18.9 Å². The van der Waals surface area contributed by atoms with Gasteiger partial charge in [-0.05, 0) is 49.3 Å². The highest BCUT2D eigenvalue weighted by molar-refractivity contribution is 14.0. The lowest BCUT2D eigenvalue weighted by molar-refractivity contribution is 0.138. The first-order chi connectivity index (χ1) is 13.8. The quantitative estimate of drug-likeness (QED) is 0.234. The van der Waals surface area contributed by atoms with E-state index in [9.17, 15) is 12.8 Å². The van der Waals surface area contributed by atoms with Crippen LogP contribution >= 0.6 is 24.0 Å². The van der Waals surface area contributed by atoms with Crippen molar-refractivity contribution in [3.8, 4) is 0 Å². The van der Waals surface area contributed by atoms with Crippen molar-refractivity contribution in [2.24, 2.45) is 10.4 Å². The van der Waals surface area contributed by atoms with Gasteiger partial charge in [0.05, 0.1) is 11.4 Å². The molecule has 1 fully saturated rings. The second-order valence-corrected chi connectivity index (χ2v) is 9.53. The summed E-state index contributed by atoms with van der Waals surface area (Å²) in [5.74, 6) is -0.0228. The number of rotatable bonds is 10. The molecule has 0 aromatic heterocycles. The SMILES string of the molecule is CN=C(NCCS(=O)(=O)Nc1ccc(C)c(F)c1)NCC1(CCOC)CCCC1.I. The van der Waals surface area contributed by atoms with Gasteiger partial charge in [0.15, 0.2) is 5.96 Å². The molecule has 0 atom stereocenters. The van der Waals surface area contributed by atoms with Crippen LogP contribution in [0.25, 0.3) is 0 Å². The lowest BCUT2D eigenvalue weighted by Crippen LogP contribution is -2.44. The number of nitrogens with zero attached hydrogens (tertiary/aromatic N) is 1. The Hall–Kier alpha value is -1.14. The van der Waals surface area contributed by atoms with Gasteiger partial charge in [-0.3, -0.25) is 9.71 Å². The third-order valence-electron chi connectivity index (χ3n) is 5.46. The number of hydrogen-bond donors (Lipinski definition) is 3. The van der Waals surface area contributed by atoms with Crippen LogP contribution in [0.1, 0.15) is 37.7 Å². The first-order valence-corrected chi connectivity index (χ1v) is 11.6. The number of guanidine groups is 1. The Morgan fingerprint density at radius 3 is 2.57 bits per heavy atom. The molecule has 0 saturated heterocycles. The highest BCUT2D eigenvalue weighted by Gasteiger charge is 2.33. The molecule has 0 unspecified atom stereocenters. The maximum Gasteiger partial charge on any atom is 0.234 e. The van der Waals surface area contributed by atoms with Crippen LogP contribution in [0.5, 0.6) is 0 Å². The number of hydrogen-bond acceptors (Lipinski definition) is 4. The number of ether oxygens (including phenoxy) is 1. The zero-order valence-electron chi connectivity index (χ0n) is 18.0. The van der Waals surface area contributed by atoms with E-state index in [2.05, 4.69) is 20.3 Å². The second kappa shape index (κ2) is 12.7. The Labute approximate surface area is 196 Å². The molecule has 1 aliphatic rings. The fourth-order valence-corrected chi connectivity index (χ4v) is 4.60. The van der Waals surface area contributed by atoms with E-state index in [1.54, 1.807) is 33.2 Å². The fourth-order valence-electron chi connectivity index (χ4n) is 3.64. The molecule has 7 nitrogen and oxygen atoms in total. The van der Waals surface area contributed by atoms with Crippen LogP contribution < -0.4 is 15.4 Å². The van der Waals surface area contributed by atoms with Gasteiger partial charge in [0, 0.05) is 33.9 Å². The van der Waals surface area contributed by atoms with Crippen molar-refractivity contribution in [3.63, 3.8) is 0 Å². The van der Waals surface area contributed by atoms with Gasteiger partial charge in [0.2, 0.25) is 10.0 Å². The van der Waals surface area contributed by atoms with Gasteiger partial charge in [-0.15, -0.1) is 24.0 Å². The molecule has 0 radical (unpaired) electrons. The molecule has 172 valence electrons. The summed E-state index contributed by atoms with van der Waals surface area (Å²) >= 11 is 0. The molecule has 0 amide bonds. The Kier molecular flexibility index (Phi) is 11.3. The van der Waals surface area contributed by atoms with Crippen molar-refractivity contribution in [1.82, 2.24) is 10.6 Å². The standard InChI is InChI=1S/C20H33FN4O3S.HI/c1-16-6-7-17(14-18(16)21)25-29(26,27)13-11-23-19(22-2)24-15-20(10-12-28-3)8-4-5-9-20;/h6-7,14,25H,4-5,8-13,15H2,1-3H3,(H2,22,23,24);1H. The minimum Gasteiger partial charge on any atom is -0.385 e. The summed E-state index contributed by atoms with van der Waals surface area (Å²) in [5.41, 5.74) is 0.892. The molecule has 1 saturated carbocycles. The first-order valence-electron chi connectivity index (χ1n) is 9.99. The highest BCUT2D eigenvalue weighted by atomic mass is 127. The third-order valence-corrected chi connectivity index (χ3v) is 6.75. The summed E-state index contributed by atoms with van der Waals surface area (Å²) in [5, 5.41) is 6.37. The number of sulfonamides is 1. The number of nitrogens with one attached hydrogen (secondary N) is 3. The van der Waals surface area contributed by atoms with Crippen LogP contribution in [0.2, 0.25) is 0 Å². The Bertz CT molecular complexity index is 799. The fraction of sp³-hybridized carbons (Fsp3) is 0.650. The summed E-state index contributed by atoms with van der Waals surface area (Å²) in [6, 6.07) is 4.27. The minimum atomic E-state index is -3.60. The van der Waals surface area contributed by atoms with Crippen molar-refractivity contribution in [2.45, 2.75) is 39.0 Å². The van der Waals surface area contributed by atoms with Gasteiger partial charge in [0.1, 0.15) is 5.82 Å². The number of anilines is 1. The molecule has 1 aromatic carbocycles. The Morgan fingerprint density at radius 1 is 1.27 bits per heavy atom. The van der Waals surface area contributed by atoms with Crippen LogP contribution in [0.4, 0.5) is 10.1 Å². The average Bonchev–Trinajstić information content (AvgIpc) is 3.14. The van der Waals surface area contributed by atoms with E-state index in [1.807, 2.05) is 0 Å². The van der Waals surface area contributed by atoms with Crippen molar-refractivity contribution >= 4 is 45.6 Å². The smallest absolute Gasteiger partial charge is 0.234 e. The Balaban J connectivity index is 0.00000450. The summed E-state index contributed by atoms with van der Waals surface area (Å²) in [7, 11) is -0.223. The van der Waals surface area contributed by atoms with Crippen LogP contribution in [-0.2, 0) is 14.8 Å². The Morgan fingerprint density at radius 2 is 1.97 bits per heavy atom. The normalized spacial score (nSPS) is 16.1. The topological polar surface area (TPSA) is 91.8 Å². The molecule has 3 N–H and O–H groups in total. The summed E-state index contributed by atoms with van der Waals surface area (Å²) in [6.45, 7) is 3.33. The molecule has 1 aromatic rings. The van der Waals surface area contributed by atoms with Gasteiger partial charge in [-0.25, -0.2) is 12.8 Å². The summed E-state index contributed by atoms with van der Waals surface area (Å²) in [4.78, 5) is 4.18. The molecule has 0 aliphatic heterocycles. The van der Waals surface area contributed by atoms with Crippen LogP contribution in [0.3, 0.4) is 0 Å². The monoisotopic (exact) mass is 556 g/mol. The van der Waals surface area contributed by atoms with Gasteiger partial charge >= 0.3 is 0 Å². The molecular formula is C20H34FIN4O3S. The minimum absolute atomic E-state index is 0. The van der Waals surface area contributed by atoms with E-state index in [0.717, 1.165) is 32.4 Å². The molecule has 10 heteroatoms. The van der Waals surface area contributed by atoms with E-state index < -0.39 is 15.8 Å². The molecule has 2 rings (SSSR count). The number of halogens is 2. The zero-order valence-corrected chi connectivity index (χ0v) is 21.1. The largest absolute Gasteiger partial charge is 0.385 e. The van der Waals surface area contributed by atoms with Crippen LogP contribution in [0.15, 0.2) is 23.2 Å².